The van der Waals surface area contributed by atoms with Crippen molar-refractivity contribution >= 4 is 27.9 Å². The van der Waals surface area contributed by atoms with Crippen LogP contribution in [0, 0.1) is 5.92 Å². The van der Waals surface area contributed by atoms with Crippen LogP contribution in [0.25, 0.3) is 0 Å². The summed E-state index contributed by atoms with van der Waals surface area (Å²) in [5.41, 5.74) is 0. The molecule has 0 radical (unpaired) electrons. The van der Waals surface area contributed by atoms with Crippen molar-refractivity contribution in [3.8, 4) is 0 Å². The molecular weight excluding hydrogens is 316 g/mol. The molecule has 2 unspecified atom stereocenters. The first-order valence-corrected chi connectivity index (χ1v) is 8.18. The van der Waals surface area contributed by atoms with Crippen LogP contribution in [0.2, 0.25) is 0 Å². The predicted molar refractivity (Wildman–Crippen MR) is 77.5 cm³/mol. The van der Waals surface area contributed by atoms with Crippen molar-refractivity contribution in [2.24, 2.45) is 5.92 Å². The lowest BCUT2D eigenvalue weighted by Gasteiger charge is -2.26. The molecule has 0 aliphatic rings. The minimum atomic E-state index is -4.02. The van der Waals surface area contributed by atoms with Crippen molar-refractivity contribution in [3.63, 3.8) is 0 Å². The molecule has 22 heavy (non-hydrogen) atoms. The average Bonchev–Trinajstić information content (AvgIpc) is 2.40. The van der Waals surface area contributed by atoms with E-state index in [1.165, 1.54) is 20.8 Å². The molecule has 128 valence electrons. The van der Waals surface area contributed by atoms with Gasteiger partial charge in [-0.2, -0.15) is 4.31 Å². The van der Waals surface area contributed by atoms with Gasteiger partial charge in [0.1, 0.15) is 6.04 Å². The molecular formula is C12H22N2O7S. The molecule has 0 aliphatic heterocycles. The molecule has 10 heteroatoms. The van der Waals surface area contributed by atoms with Gasteiger partial charge in [0.2, 0.25) is 15.9 Å². The lowest BCUT2D eigenvalue weighted by Crippen LogP contribution is -2.48. The number of hydrogen-bond acceptors (Lipinski definition) is 6. The van der Waals surface area contributed by atoms with Crippen molar-refractivity contribution in [2.45, 2.75) is 26.8 Å². The smallest absolute Gasteiger partial charge is 0.321 e. The highest BCUT2D eigenvalue weighted by atomic mass is 32.2. The quantitative estimate of drug-likeness (QED) is 0.518. The Morgan fingerprint density at radius 3 is 2.23 bits per heavy atom. The number of carbonyl (C=O) groups is 3. The fourth-order valence-corrected chi connectivity index (χ4v) is 3.62. The molecule has 0 aromatic carbocycles. The number of aliphatic carboxylic acids is 1. The molecule has 0 aromatic rings. The molecule has 0 bridgehead atoms. The van der Waals surface area contributed by atoms with E-state index in [9.17, 15) is 22.8 Å². The standard InChI is InChI=1S/C12H22N2O7S/c1-8(12(18)21-4)7-22(19,20)14(9(2)11(16)17)6-5-13-10(3)15/h8-9H,5-7H2,1-4H3,(H,13,15)(H,16,17). The first-order chi connectivity index (χ1) is 10.0. The van der Waals surface area contributed by atoms with E-state index >= 15 is 0 Å². The number of rotatable bonds is 9. The molecule has 1 amide bonds. The Labute approximate surface area is 129 Å². The van der Waals surface area contributed by atoms with Gasteiger partial charge in [0.25, 0.3) is 0 Å². The lowest BCUT2D eigenvalue weighted by molar-refractivity contribution is -0.144. The minimum Gasteiger partial charge on any atom is -0.480 e. The van der Waals surface area contributed by atoms with E-state index in [0.717, 1.165) is 11.4 Å². The number of hydrogen-bond donors (Lipinski definition) is 2. The number of methoxy groups -OCH3 is 1. The Bertz CT molecular complexity index is 518. The summed E-state index contributed by atoms with van der Waals surface area (Å²) in [5.74, 6) is -3.88. The number of carboxylic acids is 1. The van der Waals surface area contributed by atoms with Crippen LogP contribution in [0.4, 0.5) is 0 Å². The number of sulfonamides is 1. The molecule has 0 spiro atoms. The maximum Gasteiger partial charge on any atom is 0.321 e. The van der Waals surface area contributed by atoms with E-state index in [1.54, 1.807) is 0 Å². The Balaban J connectivity index is 5.15. The molecule has 2 atom stereocenters. The number of nitrogens with one attached hydrogen (secondary N) is 1. The molecule has 9 nitrogen and oxygen atoms in total. The van der Waals surface area contributed by atoms with E-state index in [2.05, 4.69) is 10.1 Å². The average molecular weight is 338 g/mol. The van der Waals surface area contributed by atoms with Gasteiger partial charge in [-0.15, -0.1) is 0 Å². The summed E-state index contributed by atoms with van der Waals surface area (Å²) >= 11 is 0. The Morgan fingerprint density at radius 2 is 1.82 bits per heavy atom. The summed E-state index contributed by atoms with van der Waals surface area (Å²) in [6.45, 7) is 3.62. The van der Waals surface area contributed by atoms with Crippen LogP contribution in [-0.2, 0) is 29.1 Å². The van der Waals surface area contributed by atoms with Gasteiger partial charge in [-0.05, 0) is 6.92 Å². The van der Waals surface area contributed by atoms with Crippen LogP contribution in [0.5, 0.6) is 0 Å². The van der Waals surface area contributed by atoms with Gasteiger partial charge in [-0.1, -0.05) is 6.92 Å². The summed E-state index contributed by atoms with van der Waals surface area (Å²) in [7, 11) is -2.88. The second-order valence-corrected chi connectivity index (χ2v) is 6.78. The highest BCUT2D eigenvalue weighted by Gasteiger charge is 2.34. The van der Waals surface area contributed by atoms with Gasteiger partial charge in [-0.25, -0.2) is 8.42 Å². The first-order valence-electron chi connectivity index (χ1n) is 6.57. The van der Waals surface area contributed by atoms with Gasteiger partial charge in [0.15, 0.2) is 0 Å². The third-order valence-corrected chi connectivity index (χ3v) is 5.05. The first kappa shape index (κ1) is 20.3. The molecule has 0 fully saturated rings. The maximum atomic E-state index is 12.3. The second kappa shape index (κ2) is 8.69. The fourth-order valence-electron chi connectivity index (χ4n) is 1.72. The van der Waals surface area contributed by atoms with Crippen LogP contribution in [0.15, 0.2) is 0 Å². The highest BCUT2D eigenvalue weighted by molar-refractivity contribution is 7.89. The summed E-state index contributed by atoms with van der Waals surface area (Å²) in [4.78, 5) is 33.2. The highest BCUT2D eigenvalue weighted by Crippen LogP contribution is 2.12. The van der Waals surface area contributed by atoms with Gasteiger partial charge in [-0.3, -0.25) is 14.4 Å². The van der Waals surface area contributed by atoms with E-state index in [1.807, 2.05) is 0 Å². The topological polar surface area (TPSA) is 130 Å². The molecule has 2 N–H and O–H groups in total. The van der Waals surface area contributed by atoms with Crippen molar-refractivity contribution in [1.82, 2.24) is 9.62 Å². The molecule has 0 saturated heterocycles. The molecule has 0 heterocycles. The van der Waals surface area contributed by atoms with Gasteiger partial charge in [0, 0.05) is 20.0 Å². The zero-order valence-electron chi connectivity index (χ0n) is 13.0. The van der Waals surface area contributed by atoms with Gasteiger partial charge < -0.3 is 15.2 Å². The molecule has 0 rings (SSSR count). The van der Waals surface area contributed by atoms with E-state index < -0.39 is 39.7 Å². The number of ether oxygens (including phenoxy) is 1. The van der Waals surface area contributed by atoms with Crippen LogP contribution in [0.3, 0.4) is 0 Å². The van der Waals surface area contributed by atoms with Crippen LogP contribution in [-0.4, -0.2) is 67.7 Å². The Morgan fingerprint density at radius 1 is 1.27 bits per heavy atom. The largest absolute Gasteiger partial charge is 0.480 e. The number of carboxylic acid groups (broad SMARTS) is 1. The normalized spacial score (nSPS) is 14.2. The summed E-state index contributed by atoms with van der Waals surface area (Å²) in [5, 5.41) is 11.4. The molecule has 0 aliphatic carbocycles. The van der Waals surface area contributed by atoms with E-state index in [0.29, 0.717) is 0 Å². The Kier molecular flexibility index (Phi) is 8.02. The zero-order chi connectivity index (χ0) is 17.5. The zero-order valence-corrected chi connectivity index (χ0v) is 13.8. The lowest BCUT2D eigenvalue weighted by atomic mass is 10.2. The van der Waals surface area contributed by atoms with Crippen molar-refractivity contribution in [2.75, 3.05) is 26.0 Å². The molecule has 0 aromatic heterocycles. The number of carbonyl (C=O) groups excluding carboxylic acids is 2. The summed E-state index contributed by atoms with van der Waals surface area (Å²) in [6.07, 6.45) is 0. The third kappa shape index (κ3) is 6.39. The van der Waals surface area contributed by atoms with Crippen LogP contribution >= 0.6 is 0 Å². The number of nitrogens with zero attached hydrogens (tertiary/aromatic N) is 1. The summed E-state index contributed by atoms with van der Waals surface area (Å²) < 4.78 is 29.9. The van der Waals surface area contributed by atoms with Crippen molar-refractivity contribution in [1.29, 1.82) is 0 Å². The number of esters is 1. The van der Waals surface area contributed by atoms with E-state index in [4.69, 9.17) is 5.11 Å². The maximum absolute atomic E-state index is 12.3. The fraction of sp³-hybridized carbons (Fsp3) is 0.750. The van der Waals surface area contributed by atoms with Gasteiger partial charge >= 0.3 is 11.9 Å². The second-order valence-electron chi connectivity index (χ2n) is 4.81. The Hall–Kier alpha value is -1.68. The monoisotopic (exact) mass is 338 g/mol. The van der Waals surface area contributed by atoms with Crippen molar-refractivity contribution in [3.05, 3.63) is 0 Å². The third-order valence-electron chi connectivity index (χ3n) is 2.92. The van der Waals surface area contributed by atoms with Gasteiger partial charge in [0.05, 0.1) is 18.8 Å². The predicted octanol–water partition coefficient (Wildman–Crippen LogP) is -0.963. The van der Waals surface area contributed by atoms with Crippen LogP contribution < -0.4 is 5.32 Å². The van der Waals surface area contributed by atoms with E-state index in [-0.39, 0.29) is 19.0 Å². The SMILES string of the molecule is COC(=O)C(C)CS(=O)(=O)N(CCNC(C)=O)C(C)C(=O)O. The summed E-state index contributed by atoms with van der Waals surface area (Å²) in [6, 6.07) is -1.32. The molecule has 0 saturated carbocycles. The van der Waals surface area contributed by atoms with Crippen molar-refractivity contribution < 1.29 is 32.6 Å². The minimum absolute atomic E-state index is 0.0290. The van der Waals surface area contributed by atoms with Crippen LogP contribution in [0.1, 0.15) is 20.8 Å². The number of amides is 1.